The van der Waals surface area contributed by atoms with Crippen molar-refractivity contribution in [2.24, 2.45) is 0 Å². The molecule has 0 bridgehead atoms. The molecule has 17 heavy (non-hydrogen) atoms. The Bertz CT molecular complexity index is 475. The van der Waals surface area contributed by atoms with Crippen molar-refractivity contribution >= 4 is 5.97 Å². The summed E-state index contributed by atoms with van der Waals surface area (Å²) in [7, 11) is 1.17. The van der Waals surface area contributed by atoms with Crippen molar-refractivity contribution in [2.75, 3.05) is 7.11 Å². The van der Waals surface area contributed by atoms with Gasteiger partial charge in [-0.25, -0.2) is 0 Å². The van der Waals surface area contributed by atoms with E-state index in [1.807, 2.05) is 0 Å². The van der Waals surface area contributed by atoms with Crippen LogP contribution in [0.5, 0.6) is 0 Å². The fourth-order valence-electron chi connectivity index (χ4n) is 1.24. The van der Waals surface area contributed by atoms with Crippen molar-refractivity contribution < 1.29 is 22.7 Å². The number of esters is 1. The summed E-state index contributed by atoms with van der Waals surface area (Å²) >= 11 is 0. The van der Waals surface area contributed by atoms with Gasteiger partial charge >= 0.3 is 12.1 Å². The number of hydrogen-bond donors (Lipinski definition) is 0. The van der Waals surface area contributed by atoms with Crippen LogP contribution < -0.4 is 0 Å². The van der Waals surface area contributed by atoms with Crippen LogP contribution in [0, 0.1) is 11.3 Å². The summed E-state index contributed by atoms with van der Waals surface area (Å²) in [6.45, 7) is 0. The predicted octanol–water partition coefficient (Wildman–Crippen LogP) is 2.29. The molecule has 0 N–H and O–H groups in total. The first-order chi connectivity index (χ1) is 7.88. The lowest BCUT2D eigenvalue weighted by Crippen LogP contribution is -2.09. The molecule has 0 atom stereocenters. The molecule has 0 radical (unpaired) electrons. The van der Waals surface area contributed by atoms with Crippen LogP contribution in [0.2, 0.25) is 0 Å². The lowest BCUT2D eigenvalue weighted by atomic mass is 10.0. The van der Waals surface area contributed by atoms with Gasteiger partial charge in [0.1, 0.15) is 0 Å². The van der Waals surface area contributed by atoms with Gasteiger partial charge in [0.2, 0.25) is 0 Å². The third kappa shape index (κ3) is 3.21. The minimum absolute atomic E-state index is 0.176. The van der Waals surface area contributed by atoms with E-state index in [1.54, 1.807) is 6.07 Å². The summed E-state index contributed by atoms with van der Waals surface area (Å²) in [6, 6.07) is 4.29. The Labute approximate surface area is 95.4 Å². The Morgan fingerprint density at radius 1 is 1.47 bits per heavy atom. The maximum absolute atomic E-state index is 12.4. The fraction of sp³-hybridized carbons (Fsp3) is 0.273. The molecule has 0 aromatic heterocycles. The summed E-state index contributed by atoms with van der Waals surface area (Å²) in [5, 5.41) is 8.72. The number of carbonyl (C=O) groups excluding carboxylic acids is 1. The number of alkyl halides is 3. The van der Waals surface area contributed by atoms with Crippen molar-refractivity contribution in [1.82, 2.24) is 0 Å². The molecule has 0 heterocycles. The second kappa shape index (κ2) is 4.87. The molecule has 0 saturated heterocycles. The molecular formula is C11H8F3NO2. The first kappa shape index (κ1) is 13.0. The molecule has 0 aliphatic rings. The van der Waals surface area contributed by atoms with E-state index in [0.29, 0.717) is 0 Å². The Hall–Kier alpha value is -2.03. The van der Waals surface area contributed by atoms with Crippen LogP contribution in [0.25, 0.3) is 0 Å². The van der Waals surface area contributed by atoms with Gasteiger partial charge < -0.3 is 4.74 Å². The van der Waals surface area contributed by atoms with Gasteiger partial charge in [0, 0.05) is 0 Å². The van der Waals surface area contributed by atoms with Crippen LogP contribution in [0.15, 0.2) is 18.2 Å². The highest BCUT2D eigenvalue weighted by molar-refractivity contribution is 5.73. The molecule has 90 valence electrons. The third-order valence-electron chi connectivity index (χ3n) is 2.12. The van der Waals surface area contributed by atoms with Crippen molar-refractivity contribution in [2.45, 2.75) is 12.6 Å². The molecule has 3 nitrogen and oxygen atoms in total. The number of ether oxygens (including phenoxy) is 1. The average Bonchev–Trinajstić information content (AvgIpc) is 2.27. The van der Waals surface area contributed by atoms with Crippen LogP contribution >= 0.6 is 0 Å². The van der Waals surface area contributed by atoms with Crippen molar-refractivity contribution in [3.05, 3.63) is 34.9 Å². The SMILES string of the molecule is COC(=O)Cc1ccc(C(F)(F)F)cc1C#N. The number of halogens is 3. The first-order valence-corrected chi connectivity index (χ1v) is 4.55. The van der Waals surface area contributed by atoms with Crippen LogP contribution in [0.1, 0.15) is 16.7 Å². The smallest absolute Gasteiger partial charge is 0.416 e. The minimum atomic E-state index is -4.50. The highest BCUT2D eigenvalue weighted by Gasteiger charge is 2.31. The van der Waals surface area contributed by atoms with Crippen LogP contribution in [-0.2, 0) is 22.1 Å². The largest absolute Gasteiger partial charge is 0.469 e. The maximum atomic E-state index is 12.4. The summed E-state index contributed by atoms with van der Waals surface area (Å²) in [6.07, 6.45) is -4.73. The molecule has 6 heteroatoms. The van der Waals surface area contributed by atoms with Crippen LogP contribution in [0.4, 0.5) is 13.2 Å². The molecule has 0 amide bonds. The van der Waals surface area contributed by atoms with E-state index >= 15 is 0 Å². The van der Waals surface area contributed by atoms with Gasteiger partial charge in [0.25, 0.3) is 0 Å². The second-order valence-corrected chi connectivity index (χ2v) is 3.23. The van der Waals surface area contributed by atoms with Gasteiger partial charge in [-0.3, -0.25) is 4.79 Å². The molecule has 0 fully saturated rings. The fourth-order valence-corrected chi connectivity index (χ4v) is 1.24. The topological polar surface area (TPSA) is 50.1 Å². The van der Waals surface area contributed by atoms with E-state index in [9.17, 15) is 18.0 Å². The molecule has 0 saturated carbocycles. The standard InChI is InChI=1S/C11H8F3NO2/c1-17-10(16)5-7-2-3-9(11(12,13)14)4-8(7)6-15/h2-4H,5H2,1H3. The van der Waals surface area contributed by atoms with E-state index in [2.05, 4.69) is 4.74 Å². The van der Waals surface area contributed by atoms with Gasteiger partial charge in [-0.05, 0) is 17.7 Å². The number of benzene rings is 1. The maximum Gasteiger partial charge on any atom is 0.416 e. The summed E-state index contributed by atoms with van der Waals surface area (Å²) < 4.78 is 41.5. The van der Waals surface area contributed by atoms with Crippen molar-refractivity contribution in [3.63, 3.8) is 0 Å². The summed E-state index contributed by atoms with van der Waals surface area (Å²) in [4.78, 5) is 11.0. The highest BCUT2D eigenvalue weighted by atomic mass is 19.4. The normalized spacial score (nSPS) is 10.8. The quantitative estimate of drug-likeness (QED) is 0.749. The Balaban J connectivity index is 3.11. The van der Waals surface area contributed by atoms with E-state index in [4.69, 9.17) is 5.26 Å². The van der Waals surface area contributed by atoms with Crippen molar-refractivity contribution in [1.29, 1.82) is 5.26 Å². The molecule has 0 aliphatic carbocycles. The second-order valence-electron chi connectivity index (χ2n) is 3.23. The highest BCUT2D eigenvalue weighted by Crippen LogP contribution is 2.30. The zero-order valence-electron chi connectivity index (χ0n) is 8.84. The average molecular weight is 243 g/mol. The summed E-state index contributed by atoms with van der Waals surface area (Å²) in [5.41, 5.74) is -0.875. The molecule has 1 rings (SSSR count). The van der Waals surface area contributed by atoms with E-state index in [0.717, 1.165) is 18.2 Å². The molecule has 1 aromatic rings. The van der Waals surface area contributed by atoms with E-state index < -0.39 is 17.7 Å². The Kier molecular flexibility index (Phi) is 3.73. The zero-order valence-corrected chi connectivity index (χ0v) is 8.84. The molecule has 0 spiro atoms. The lowest BCUT2D eigenvalue weighted by Gasteiger charge is -2.09. The number of carbonyl (C=O) groups is 1. The summed E-state index contributed by atoms with van der Waals surface area (Å²) in [5.74, 6) is -0.610. The molecule has 1 aromatic carbocycles. The number of nitrogens with zero attached hydrogens (tertiary/aromatic N) is 1. The lowest BCUT2D eigenvalue weighted by molar-refractivity contribution is -0.139. The number of methoxy groups -OCH3 is 1. The minimum Gasteiger partial charge on any atom is -0.469 e. The van der Waals surface area contributed by atoms with E-state index in [-0.39, 0.29) is 17.5 Å². The third-order valence-corrected chi connectivity index (χ3v) is 2.12. The van der Waals surface area contributed by atoms with Crippen LogP contribution in [0.3, 0.4) is 0 Å². The number of rotatable bonds is 2. The van der Waals surface area contributed by atoms with Crippen molar-refractivity contribution in [3.8, 4) is 6.07 Å². The van der Waals surface area contributed by atoms with E-state index in [1.165, 1.54) is 7.11 Å². The van der Waals surface area contributed by atoms with Crippen LogP contribution in [-0.4, -0.2) is 13.1 Å². The van der Waals surface area contributed by atoms with Gasteiger partial charge in [0.05, 0.1) is 30.7 Å². The Morgan fingerprint density at radius 3 is 2.59 bits per heavy atom. The zero-order chi connectivity index (χ0) is 13.1. The van der Waals surface area contributed by atoms with Gasteiger partial charge in [0.15, 0.2) is 0 Å². The van der Waals surface area contributed by atoms with Gasteiger partial charge in [-0.2, -0.15) is 18.4 Å². The Morgan fingerprint density at radius 2 is 2.12 bits per heavy atom. The van der Waals surface area contributed by atoms with Gasteiger partial charge in [-0.15, -0.1) is 0 Å². The molecular weight excluding hydrogens is 235 g/mol. The monoisotopic (exact) mass is 243 g/mol. The number of hydrogen-bond acceptors (Lipinski definition) is 3. The van der Waals surface area contributed by atoms with Gasteiger partial charge in [-0.1, -0.05) is 6.07 Å². The number of nitriles is 1. The molecule has 0 aliphatic heterocycles. The molecule has 0 unspecified atom stereocenters. The first-order valence-electron chi connectivity index (χ1n) is 4.55. The predicted molar refractivity (Wildman–Crippen MR) is 51.9 cm³/mol.